The zero-order valence-corrected chi connectivity index (χ0v) is 20.7. The Labute approximate surface area is 210 Å². The number of hydrogen-bond donors (Lipinski definition) is 1. The first kappa shape index (κ1) is 24.0. The van der Waals surface area contributed by atoms with E-state index in [1.807, 2.05) is 37.3 Å². The predicted octanol–water partition coefficient (Wildman–Crippen LogP) is 5.63. The van der Waals surface area contributed by atoms with Crippen molar-refractivity contribution in [1.82, 2.24) is 15.0 Å². The maximum Gasteiger partial charge on any atom is 0.266 e. The number of thioether (sulfide) groups is 1. The van der Waals surface area contributed by atoms with Crippen LogP contribution in [0.5, 0.6) is 0 Å². The number of benzene rings is 3. The highest BCUT2D eigenvalue weighted by Gasteiger charge is 2.16. The van der Waals surface area contributed by atoms with E-state index in [1.165, 1.54) is 11.8 Å². The molecule has 4 rings (SSSR count). The van der Waals surface area contributed by atoms with E-state index in [9.17, 15) is 9.59 Å². The number of para-hydroxylation sites is 2. The lowest BCUT2D eigenvalue weighted by atomic mass is 10.1. The van der Waals surface area contributed by atoms with Crippen LogP contribution in [0.3, 0.4) is 0 Å². The number of halogens is 2. The molecule has 1 aromatic heterocycles. The molecule has 3 aromatic carbocycles. The van der Waals surface area contributed by atoms with Gasteiger partial charge in [0.1, 0.15) is 0 Å². The van der Waals surface area contributed by atoms with Gasteiger partial charge in [0.2, 0.25) is 0 Å². The Bertz CT molecular complexity index is 1480. The summed E-state index contributed by atoms with van der Waals surface area (Å²) in [5.41, 5.74) is 5.78. The first-order valence-corrected chi connectivity index (χ1v) is 12.1. The van der Waals surface area contributed by atoms with Gasteiger partial charge in [0.25, 0.3) is 11.5 Å². The third-order valence-electron chi connectivity index (χ3n) is 5.10. The second-order valence-corrected chi connectivity index (χ2v) is 9.27. The minimum absolute atomic E-state index is 0.0157. The summed E-state index contributed by atoms with van der Waals surface area (Å²) in [6.07, 6.45) is 0. The van der Waals surface area contributed by atoms with Crippen molar-refractivity contribution in [2.45, 2.75) is 19.0 Å². The molecular formula is C25H20Cl2N4O2S. The first-order valence-electron chi connectivity index (χ1n) is 10.3. The van der Waals surface area contributed by atoms with Crippen LogP contribution in [0.4, 0.5) is 0 Å². The first-order chi connectivity index (χ1) is 16.3. The number of carbonyl (C=O) groups is 1. The Morgan fingerprint density at radius 2 is 1.82 bits per heavy atom. The molecule has 9 heteroatoms. The molecule has 0 spiro atoms. The third kappa shape index (κ3) is 5.17. The van der Waals surface area contributed by atoms with E-state index < -0.39 is 0 Å². The van der Waals surface area contributed by atoms with Crippen molar-refractivity contribution in [3.63, 3.8) is 0 Å². The largest absolute Gasteiger partial charge is 0.272 e. The Balaban J connectivity index is 1.59. The predicted molar refractivity (Wildman–Crippen MR) is 140 cm³/mol. The van der Waals surface area contributed by atoms with Crippen molar-refractivity contribution in [2.24, 2.45) is 5.10 Å². The summed E-state index contributed by atoms with van der Waals surface area (Å²) in [5, 5.41) is 6.05. The van der Waals surface area contributed by atoms with Crippen molar-refractivity contribution in [3.05, 3.63) is 98.3 Å². The number of fused-ring (bicyclic) bond motifs is 1. The molecule has 34 heavy (non-hydrogen) atoms. The van der Waals surface area contributed by atoms with Gasteiger partial charge in [0.15, 0.2) is 5.16 Å². The van der Waals surface area contributed by atoms with E-state index in [4.69, 9.17) is 23.2 Å². The van der Waals surface area contributed by atoms with Crippen LogP contribution in [0.15, 0.2) is 81.8 Å². The fourth-order valence-electron chi connectivity index (χ4n) is 3.39. The van der Waals surface area contributed by atoms with Crippen molar-refractivity contribution in [1.29, 1.82) is 0 Å². The number of nitrogens with zero attached hydrogens (tertiary/aromatic N) is 3. The van der Waals surface area contributed by atoms with E-state index in [1.54, 1.807) is 47.9 Å². The lowest BCUT2D eigenvalue weighted by Crippen LogP contribution is -2.25. The molecule has 0 aliphatic rings. The van der Waals surface area contributed by atoms with Crippen molar-refractivity contribution in [2.75, 3.05) is 5.75 Å². The summed E-state index contributed by atoms with van der Waals surface area (Å²) in [6, 6.07) is 19.8. The van der Waals surface area contributed by atoms with Crippen LogP contribution in [-0.4, -0.2) is 26.9 Å². The minimum atomic E-state index is -0.340. The maximum atomic E-state index is 13.3. The molecule has 0 saturated heterocycles. The SMILES string of the molecule is C/C(=N\NC(=O)CSc1nc2ccccc2c(=O)n1-c1ccccc1C)c1ccc(Cl)cc1Cl. The smallest absolute Gasteiger partial charge is 0.266 e. The number of hydrogen-bond acceptors (Lipinski definition) is 5. The van der Waals surface area contributed by atoms with Crippen LogP contribution in [0.2, 0.25) is 10.0 Å². The van der Waals surface area contributed by atoms with Gasteiger partial charge in [0.05, 0.1) is 33.1 Å². The summed E-state index contributed by atoms with van der Waals surface area (Å²) >= 11 is 13.3. The Morgan fingerprint density at radius 1 is 1.09 bits per heavy atom. The van der Waals surface area contributed by atoms with Crippen LogP contribution < -0.4 is 11.0 Å². The number of amides is 1. The zero-order valence-electron chi connectivity index (χ0n) is 18.4. The van der Waals surface area contributed by atoms with Crippen molar-refractivity contribution in [3.8, 4) is 5.69 Å². The standard InChI is InChI=1S/C25H20Cl2N4O2S/c1-15-7-3-6-10-22(15)31-24(33)19-8-4-5-9-21(19)28-25(31)34-14-23(32)30-29-16(2)18-12-11-17(26)13-20(18)27/h3-13H,14H2,1-2H3,(H,30,32)/b29-16+. The average molecular weight is 511 g/mol. The van der Waals surface area contributed by atoms with Gasteiger partial charge >= 0.3 is 0 Å². The maximum absolute atomic E-state index is 13.3. The van der Waals surface area contributed by atoms with E-state index in [-0.39, 0.29) is 17.2 Å². The van der Waals surface area contributed by atoms with Gasteiger partial charge < -0.3 is 0 Å². The number of aryl methyl sites for hydroxylation is 1. The summed E-state index contributed by atoms with van der Waals surface area (Å²) in [5.74, 6) is -0.324. The molecular weight excluding hydrogens is 491 g/mol. The molecule has 6 nitrogen and oxygen atoms in total. The van der Waals surface area contributed by atoms with Crippen molar-refractivity contribution >= 4 is 57.5 Å². The summed E-state index contributed by atoms with van der Waals surface area (Å²) in [6.45, 7) is 3.67. The average Bonchev–Trinajstić information content (AvgIpc) is 2.82. The molecule has 0 radical (unpaired) electrons. The molecule has 1 N–H and O–H groups in total. The van der Waals surface area contributed by atoms with Gasteiger partial charge in [-0.25, -0.2) is 10.4 Å². The lowest BCUT2D eigenvalue weighted by molar-refractivity contribution is -0.118. The molecule has 172 valence electrons. The molecule has 0 fully saturated rings. The quantitative estimate of drug-likeness (QED) is 0.158. The fraction of sp³-hybridized carbons (Fsp3) is 0.120. The zero-order chi connectivity index (χ0) is 24.2. The second kappa shape index (κ2) is 10.4. The van der Waals surface area contributed by atoms with Gasteiger partial charge in [-0.15, -0.1) is 0 Å². The van der Waals surface area contributed by atoms with Crippen LogP contribution in [0.25, 0.3) is 16.6 Å². The summed E-state index contributed by atoms with van der Waals surface area (Å²) < 4.78 is 1.55. The number of rotatable bonds is 6. The van der Waals surface area contributed by atoms with Crippen LogP contribution >= 0.6 is 35.0 Å². The highest BCUT2D eigenvalue weighted by Crippen LogP contribution is 2.23. The lowest BCUT2D eigenvalue weighted by Gasteiger charge is -2.14. The van der Waals surface area contributed by atoms with E-state index >= 15 is 0 Å². The Kier molecular flexibility index (Phi) is 7.36. The van der Waals surface area contributed by atoms with E-state index in [0.717, 1.165) is 11.3 Å². The van der Waals surface area contributed by atoms with Gasteiger partial charge in [-0.1, -0.05) is 71.4 Å². The highest BCUT2D eigenvalue weighted by molar-refractivity contribution is 7.99. The Morgan fingerprint density at radius 3 is 2.59 bits per heavy atom. The van der Waals surface area contributed by atoms with Crippen LogP contribution in [-0.2, 0) is 4.79 Å². The third-order valence-corrected chi connectivity index (χ3v) is 6.59. The van der Waals surface area contributed by atoms with E-state index in [0.29, 0.717) is 37.4 Å². The highest BCUT2D eigenvalue weighted by atomic mass is 35.5. The normalized spacial score (nSPS) is 11.6. The van der Waals surface area contributed by atoms with E-state index in [2.05, 4.69) is 15.5 Å². The molecule has 0 atom stereocenters. The van der Waals surface area contributed by atoms with Crippen LogP contribution in [0.1, 0.15) is 18.1 Å². The number of aromatic nitrogens is 2. The number of carbonyl (C=O) groups excluding carboxylic acids is 1. The number of hydrazone groups is 1. The molecule has 0 unspecified atom stereocenters. The summed E-state index contributed by atoms with van der Waals surface area (Å²) in [4.78, 5) is 30.6. The fourth-order valence-corrected chi connectivity index (χ4v) is 4.73. The van der Waals surface area contributed by atoms with Gasteiger partial charge in [0, 0.05) is 10.6 Å². The second-order valence-electron chi connectivity index (χ2n) is 7.48. The molecule has 4 aromatic rings. The minimum Gasteiger partial charge on any atom is -0.272 e. The van der Waals surface area contributed by atoms with Gasteiger partial charge in [-0.2, -0.15) is 5.10 Å². The molecule has 1 amide bonds. The molecule has 0 aliphatic carbocycles. The topological polar surface area (TPSA) is 76.3 Å². The molecule has 0 saturated carbocycles. The molecule has 0 bridgehead atoms. The van der Waals surface area contributed by atoms with Gasteiger partial charge in [-0.3, -0.25) is 14.2 Å². The summed E-state index contributed by atoms with van der Waals surface area (Å²) in [7, 11) is 0. The number of nitrogens with one attached hydrogen (secondary N) is 1. The molecule has 1 heterocycles. The monoisotopic (exact) mass is 510 g/mol. The Hall–Kier alpha value is -3.13. The van der Waals surface area contributed by atoms with Gasteiger partial charge in [-0.05, 0) is 49.7 Å². The van der Waals surface area contributed by atoms with Crippen LogP contribution in [0, 0.1) is 6.92 Å². The van der Waals surface area contributed by atoms with Crippen molar-refractivity contribution < 1.29 is 4.79 Å². The molecule has 0 aliphatic heterocycles.